The highest BCUT2D eigenvalue weighted by Gasteiger charge is 2.31. The molecule has 0 aliphatic carbocycles. The van der Waals surface area contributed by atoms with E-state index >= 15 is 0 Å². The van der Waals surface area contributed by atoms with Gasteiger partial charge in [-0.1, -0.05) is 13.3 Å². The number of rotatable bonds is 2. The van der Waals surface area contributed by atoms with Crippen molar-refractivity contribution in [3.63, 3.8) is 0 Å². The van der Waals surface area contributed by atoms with E-state index in [0.717, 1.165) is 0 Å². The van der Waals surface area contributed by atoms with Crippen LogP contribution in [0.3, 0.4) is 0 Å². The van der Waals surface area contributed by atoms with Gasteiger partial charge in [-0.15, -0.1) is 0 Å². The Morgan fingerprint density at radius 3 is 2.00 bits per heavy atom. The van der Waals surface area contributed by atoms with E-state index in [4.69, 9.17) is 0 Å². The smallest absolute Gasteiger partial charge is 0.290 e. The summed E-state index contributed by atoms with van der Waals surface area (Å²) in [5.74, 6) is 0. The highest BCUT2D eigenvalue weighted by atomic mass is 15.2. The first-order valence-electron chi connectivity index (χ1n) is 4.51. The third-order valence-corrected chi connectivity index (χ3v) is 2.22. The Morgan fingerprint density at radius 2 is 1.58 bits per heavy atom. The summed E-state index contributed by atoms with van der Waals surface area (Å²) in [5.41, 5.74) is 0. The predicted molar refractivity (Wildman–Crippen MR) is 55.6 cm³/mol. The molecule has 64 valence electrons. The van der Waals surface area contributed by atoms with Crippen molar-refractivity contribution in [2.24, 2.45) is 0 Å². The van der Waals surface area contributed by atoms with Crippen molar-refractivity contribution in [3.8, 4) is 0 Å². The van der Waals surface area contributed by atoms with Crippen LogP contribution < -0.4 is 0 Å². The first-order chi connectivity index (χ1) is 5.65. The molecule has 0 N–H and O–H groups in total. The molecule has 1 aliphatic rings. The summed E-state index contributed by atoms with van der Waals surface area (Å²) in [6.07, 6.45) is 2.44. The van der Waals surface area contributed by atoms with Crippen molar-refractivity contribution >= 4 is 22.1 Å². The average molecular weight is 163 g/mol. The van der Waals surface area contributed by atoms with Crippen LogP contribution in [0, 0.1) is 0 Å². The Labute approximate surface area is 77.8 Å². The Kier molecular flexibility index (Phi) is 3.68. The molecule has 3 nitrogen and oxygen atoms in total. The van der Waals surface area contributed by atoms with Gasteiger partial charge in [0, 0.05) is 0 Å². The first-order valence-corrected chi connectivity index (χ1v) is 4.51. The van der Waals surface area contributed by atoms with Crippen LogP contribution in [-0.4, -0.2) is 57.4 Å². The van der Waals surface area contributed by atoms with Gasteiger partial charge in [-0.2, -0.15) is 0 Å². The monoisotopic (exact) mass is 163 g/mol. The van der Waals surface area contributed by atoms with Gasteiger partial charge < -0.3 is 14.2 Å². The lowest BCUT2D eigenvalue weighted by Crippen LogP contribution is -2.64. The van der Waals surface area contributed by atoms with E-state index < -0.39 is 0 Å². The molecular weight excluding hydrogens is 147 g/mol. The van der Waals surface area contributed by atoms with Gasteiger partial charge in [0.15, 0.2) is 0 Å². The van der Waals surface area contributed by atoms with Gasteiger partial charge in [-0.3, -0.25) is 0 Å². The molecule has 6 heteroatoms. The molecule has 0 saturated carbocycles. The number of hydrogen-bond acceptors (Lipinski definition) is 3. The van der Waals surface area contributed by atoms with Gasteiger partial charge in [0.05, 0.1) is 0 Å². The molecule has 0 unspecified atom stereocenters. The maximum absolute atomic E-state index is 2.25. The molecule has 1 rings (SSSR count). The van der Waals surface area contributed by atoms with Crippen molar-refractivity contribution in [1.29, 1.82) is 0 Å². The third-order valence-electron chi connectivity index (χ3n) is 2.22. The maximum Gasteiger partial charge on any atom is 0.290 e. The average Bonchev–Trinajstić information content (AvgIpc) is 1.96. The minimum absolute atomic E-state index is 0.534. The molecule has 0 aromatic rings. The summed E-state index contributed by atoms with van der Waals surface area (Å²) in [5, 5.41) is 0. The summed E-state index contributed by atoms with van der Waals surface area (Å²) in [6.45, 7) is 2.76. The molecule has 0 atom stereocenters. The topological polar surface area (TPSA) is 9.72 Å². The van der Waals surface area contributed by atoms with E-state index in [1.807, 2.05) is 0 Å². The zero-order valence-corrected chi connectivity index (χ0v) is 8.49. The van der Waals surface area contributed by atoms with Crippen molar-refractivity contribution in [2.45, 2.75) is 19.7 Å². The minimum atomic E-state index is 0.534. The Hall–Kier alpha value is 0.0748. The maximum atomic E-state index is 2.25. The van der Waals surface area contributed by atoms with Gasteiger partial charge in [0.1, 0.15) is 0 Å². The van der Waals surface area contributed by atoms with Crippen LogP contribution in [0.2, 0.25) is 6.32 Å². The molecule has 0 spiro atoms. The standard InChI is InChI=1S/C6H16B3N3/c1-5-6-9-11(3)7-10(2)8-12(9)4/h5-6H2,1-4H3. The zero-order valence-electron chi connectivity index (χ0n) is 8.49. The summed E-state index contributed by atoms with van der Waals surface area (Å²) >= 11 is 0. The van der Waals surface area contributed by atoms with Crippen LogP contribution in [0.15, 0.2) is 0 Å². The minimum Gasteiger partial charge on any atom is -0.367 e. The van der Waals surface area contributed by atoms with E-state index in [-0.39, 0.29) is 0 Å². The molecule has 0 bridgehead atoms. The zero-order chi connectivity index (χ0) is 9.14. The molecule has 1 fully saturated rings. The molecule has 0 amide bonds. The fourth-order valence-corrected chi connectivity index (χ4v) is 1.71. The van der Waals surface area contributed by atoms with Gasteiger partial charge in [0.2, 0.25) is 0 Å². The van der Waals surface area contributed by atoms with E-state index in [9.17, 15) is 0 Å². The lowest BCUT2D eigenvalue weighted by Gasteiger charge is -2.40. The van der Waals surface area contributed by atoms with Gasteiger partial charge >= 0.3 is 0 Å². The van der Waals surface area contributed by atoms with Gasteiger partial charge in [-0.25, -0.2) is 0 Å². The third kappa shape index (κ3) is 2.28. The summed E-state index contributed by atoms with van der Waals surface area (Å²) in [4.78, 5) is 0. The van der Waals surface area contributed by atoms with Crippen LogP contribution in [0.1, 0.15) is 13.3 Å². The largest absolute Gasteiger partial charge is 0.367 e. The lowest BCUT2D eigenvalue weighted by atomic mass is 9.56. The van der Waals surface area contributed by atoms with Gasteiger partial charge in [-0.05, 0) is 27.5 Å². The fourth-order valence-electron chi connectivity index (χ4n) is 1.71. The molecule has 0 aromatic heterocycles. The SMILES string of the molecule is CCCB1N(C)[B]N(C)[B]N1C. The quantitative estimate of drug-likeness (QED) is 0.519. The number of nitrogens with zero attached hydrogens (tertiary/aromatic N) is 3. The van der Waals surface area contributed by atoms with Crippen LogP contribution in [0.4, 0.5) is 0 Å². The van der Waals surface area contributed by atoms with Crippen LogP contribution in [0.5, 0.6) is 0 Å². The summed E-state index contributed by atoms with van der Waals surface area (Å²) in [7, 11) is 10.6. The molecule has 1 heterocycles. The van der Waals surface area contributed by atoms with Crippen molar-refractivity contribution in [2.75, 3.05) is 21.1 Å². The number of hydrogen-bond donors (Lipinski definition) is 0. The highest BCUT2D eigenvalue weighted by molar-refractivity contribution is 6.73. The molecule has 12 heavy (non-hydrogen) atoms. The predicted octanol–water partition coefficient (Wildman–Crippen LogP) is -0.238. The fraction of sp³-hybridized carbons (Fsp3) is 1.00. The Balaban J connectivity index is 2.48. The van der Waals surface area contributed by atoms with Crippen LogP contribution >= 0.6 is 0 Å². The Bertz CT molecular complexity index is 134. The molecular formula is C6H16B3N3. The summed E-state index contributed by atoms with van der Waals surface area (Å²) in [6, 6.07) is 0. The molecule has 2 radical (unpaired) electrons. The van der Waals surface area contributed by atoms with Crippen LogP contribution in [-0.2, 0) is 0 Å². The second-order valence-corrected chi connectivity index (χ2v) is 3.50. The highest BCUT2D eigenvalue weighted by Crippen LogP contribution is 2.08. The molecule has 1 saturated heterocycles. The van der Waals surface area contributed by atoms with Crippen molar-refractivity contribution in [1.82, 2.24) is 14.2 Å². The second-order valence-electron chi connectivity index (χ2n) is 3.50. The normalized spacial score (nSPS) is 22.2. The van der Waals surface area contributed by atoms with E-state index in [2.05, 4.69) is 57.3 Å². The summed E-state index contributed by atoms with van der Waals surface area (Å²) < 4.78 is 6.58. The second kappa shape index (κ2) is 4.35. The van der Waals surface area contributed by atoms with E-state index in [1.54, 1.807) is 0 Å². The van der Waals surface area contributed by atoms with Crippen molar-refractivity contribution < 1.29 is 0 Å². The lowest BCUT2D eigenvalue weighted by molar-refractivity contribution is 0.569. The molecule has 1 aliphatic heterocycles. The van der Waals surface area contributed by atoms with E-state index in [1.165, 1.54) is 12.7 Å². The van der Waals surface area contributed by atoms with E-state index in [0.29, 0.717) is 6.98 Å². The Morgan fingerprint density at radius 1 is 1.08 bits per heavy atom. The molecule has 0 aromatic carbocycles. The van der Waals surface area contributed by atoms with Crippen LogP contribution in [0.25, 0.3) is 0 Å². The van der Waals surface area contributed by atoms with Crippen molar-refractivity contribution in [3.05, 3.63) is 0 Å². The first kappa shape index (κ1) is 10.2. The van der Waals surface area contributed by atoms with Gasteiger partial charge in [0.25, 0.3) is 22.1 Å².